The average Bonchev–Trinajstić information content (AvgIpc) is 3.12. The minimum Gasteiger partial charge on any atom is -0.349 e. The molecule has 1 aromatic heterocycles. The van der Waals surface area contributed by atoms with Crippen LogP contribution in [-0.2, 0) is 17.8 Å². The van der Waals surface area contributed by atoms with Crippen LogP contribution in [-0.4, -0.2) is 21.2 Å². The Kier molecular flexibility index (Phi) is 4.04. The molecule has 1 fully saturated rings. The number of nitrogens with zero attached hydrogens (tertiary/aromatic N) is 2. The van der Waals surface area contributed by atoms with E-state index in [1.165, 1.54) is 18.4 Å². The molecule has 0 saturated heterocycles. The Hall–Kier alpha value is -2.10. The predicted molar refractivity (Wildman–Crippen MR) is 81.7 cm³/mol. The largest absolute Gasteiger partial charge is 0.349 e. The first-order valence-electron chi connectivity index (χ1n) is 7.58. The van der Waals surface area contributed by atoms with E-state index < -0.39 is 0 Å². The lowest BCUT2D eigenvalue weighted by molar-refractivity contribution is -0.123. The molecular weight excluding hydrogens is 262 g/mol. The molecule has 0 bridgehead atoms. The molecule has 0 atom stereocenters. The molecule has 1 saturated carbocycles. The van der Waals surface area contributed by atoms with Crippen molar-refractivity contribution in [3.8, 4) is 0 Å². The zero-order valence-corrected chi connectivity index (χ0v) is 12.2. The lowest BCUT2D eigenvalue weighted by Crippen LogP contribution is -2.49. The molecule has 4 nitrogen and oxygen atoms in total. The van der Waals surface area contributed by atoms with E-state index >= 15 is 0 Å². The third-order valence-electron chi connectivity index (χ3n) is 4.22. The normalized spacial score (nSPS) is 16.8. The van der Waals surface area contributed by atoms with Gasteiger partial charge in [0.1, 0.15) is 6.54 Å². The molecule has 2 aromatic rings. The highest BCUT2D eigenvalue weighted by atomic mass is 16.2. The van der Waals surface area contributed by atoms with E-state index in [0.717, 1.165) is 19.3 Å². The second-order valence-electron chi connectivity index (χ2n) is 5.90. The smallest absolute Gasteiger partial charge is 0.242 e. The highest BCUT2D eigenvalue weighted by Crippen LogP contribution is 2.32. The number of rotatable bonds is 5. The van der Waals surface area contributed by atoms with Gasteiger partial charge in [-0.1, -0.05) is 43.2 Å². The lowest BCUT2D eigenvalue weighted by atomic mass is 9.89. The van der Waals surface area contributed by atoms with Crippen LogP contribution in [0.3, 0.4) is 0 Å². The van der Waals surface area contributed by atoms with Gasteiger partial charge in [-0.3, -0.25) is 9.48 Å². The molecule has 1 N–H and O–H groups in total. The summed E-state index contributed by atoms with van der Waals surface area (Å²) in [4.78, 5) is 12.3. The maximum absolute atomic E-state index is 12.3. The molecule has 110 valence electrons. The van der Waals surface area contributed by atoms with Crippen molar-refractivity contribution in [2.75, 3.05) is 0 Å². The molecule has 1 heterocycles. The van der Waals surface area contributed by atoms with Gasteiger partial charge in [0.2, 0.25) is 5.91 Å². The number of hydrogen-bond acceptors (Lipinski definition) is 2. The molecule has 1 aliphatic rings. The van der Waals surface area contributed by atoms with Crippen LogP contribution in [0.5, 0.6) is 0 Å². The first-order chi connectivity index (χ1) is 10.3. The third kappa shape index (κ3) is 3.51. The van der Waals surface area contributed by atoms with Crippen LogP contribution in [0.15, 0.2) is 48.8 Å². The van der Waals surface area contributed by atoms with E-state index in [2.05, 4.69) is 34.7 Å². The van der Waals surface area contributed by atoms with E-state index in [1.807, 2.05) is 18.3 Å². The van der Waals surface area contributed by atoms with Crippen LogP contribution in [0.25, 0.3) is 0 Å². The van der Waals surface area contributed by atoms with Crippen LogP contribution in [0.1, 0.15) is 31.2 Å². The van der Waals surface area contributed by atoms with Gasteiger partial charge in [-0.05, 0) is 30.9 Å². The van der Waals surface area contributed by atoms with Crippen LogP contribution in [0, 0.1) is 0 Å². The van der Waals surface area contributed by atoms with Gasteiger partial charge in [-0.15, -0.1) is 0 Å². The van der Waals surface area contributed by atoms with Gasteiger partial charge in [-0.2, -0.15) is 5.10 Å². The minimum atomic E-state index is -0.0778. The molecule has 3 rings (SSSR count). The molecular formula is C17H21N3O. The van der Waals surface area contributed by atoms with Crippen molar-refractivity contribution in [3.63, 3.8) is 0 Å². The van der Waals surface area contributed by atoms with Gasteiger partial charge in [-0.25, -0.2) is 0 Å². The molecule has 21 heavy (non-hydrogen) atoms. The zero-order valence-electron chi connectivity index (χ0n) is 12.2. The van der Waals surface area contributed by atoms with Crippen molar-refractivity contribution < 1.29 is 4.79 Å². The summed E-state index contributed by atoms with van der Waals surface area (Å²) < 4.78 is 1.67. The van der Waals surface area contributed by atoms with Crippen molar-refractivity contribution in [1.29, 1.82) is 0 Å². The molecule has 1 aliphatic carbocycles. The fourth-order valence-corrected chi connectivity index (χ4v) is 3.26. The van der Waals surface area contributed by atoms with Crippen molar-refractivity contribution in [2.45, 2.75) is 44.2 Å². The Bertz CT molecular complexity index is 571. The minimum absolute atomic E-state index is 0.0523. The van der Waals surface area contributed by atoms with E-state index in [9.17, 15) is 4.79 Å². The monoisotopic (exact) mass is 283 g/mol. The van der Waals surface area contributed by atoms with Crippen LogP contribution in [0.4, 0.5) is 0 Å². The topological polar surface area (TPSA) is 46.9 Å². The third-order valence-corrected chi connectivity index (χ3v) is 4.22. The predicted octanol–water partition coefficient (Wildman–Crippen LogP) is 2.55. The van der Waals surface area contributed by atoms with Crippen LogP contribution >= 0.6 is 0 Å². The molecule has 1 amide bonds. The summed E-state index contributed by atoms with van der Waals surface area (Å²) in [5.74, 6) is 0.0523. The quantitative estimate of drug-likeness (QED) is 0.916. The molecule has 0 spiro atoms. The number of amides is 1. The Balaban J connectivity index is 1.67. The number of carbonyl (C=O) groups excluding carboxylic acids is 1. The summed E-state index contributed by atoms with van der Waals surface area (Å²) in [6, 6.07) is 12.3. The van der Waals surface area contributed by atoms with Crippen LogP contribution in [0.2, 0.25) is 0 Å². The first-order valence-corrected chi connectivity index (χ1v) is 7.58. The van der Waals surface area contributed by atoms with Crippen molar-refractivity contribution >= 4 is 5.91 Å². The van der Waals surface area contributed by atoms with Gasteiger partial charge in [0.15, 0.2) is 0 Å². The lowest BCUT2D eigenvalue weighted by Gasteiger charge is -2.30. The maximum Gasteiger partial charge on any atom is 0.242 e. The summed E-state index contributed by atoms with van der Waals surface area (Å²) in [7, 11) is 0. The summed E-state index contributed by atoms with van der Waals surface area (Å²) in [5.41, 5.74) is 1.21. The summed E-state index contributed by atoms with van der Waals surface area (Å²) in [6.07, 6.45) is 8.93. The highest BCUT2D eigenvalue weighted by Gasteiger charge is 2.35. The van der Waals surface area contributed by atoms with Crippen molar-refractivity contribution in [2.24, 2.45) is 0 Å². The Morgan fingerprint density at radius 1 is 1.19 bits per heavy atom. The van der Waals surface area contributed by atoms with Gasteiger partial charge in [0.25, 0.3) is 0 Å². The van der Waals surface area contributed by atoms with Crippen molar-refractivity contribution in [3.05, 3.63) is 54.4 Å². The molecule has 4 heteroatoms. The van der Waals surface area contributed by atoms with Crippen molar-refractivity contribution in [1.82, 2.24) is 15.1 Å². The highest BCUT2D eigenvalue weighted by molar-refractivity contribution is 5.76. The molecule has 0 aliphatic heterocycles. The van der Waals surface area contributed by atoms with E-state index in [-0.39, 0.29) is 11.4 Å². The van der Waals surface area contributed by atoms with Gasteiger partial charge < -0.3 is 5.32 Å². The Morgan fingerprint density at radius 3 is 2.62 bits per heavy atom. The standard InChI is InChI=1S/C17H21N3O/c21-16(14-20-12-6-11-18-20)19-17(9-4-5-10-17)13-15-7-2-1-3-8-15/h1-3,6-8,11-12H,4-5,9-10,13-14H2,(H,19,21). The molecule has 0 radical (unpaired) electrons. The second kappa shape index (κ2) is 6.12. The first kappa shape index (κ1) is 13.9. The number of aromatic nitrogens is 2. The molecule has 0 unspecified atom stereocenters. The van der Waals surface area contributed by atoms with E-state index in [4.69, 9.17) is 0 Å². The number of hydrogen-bond donors (Lipinski definition) is 1. The SMILES string of the molecule is O=C(Cn1cccn1)NC1(Cc2ccccc2)CCCC1. The number of carbonyl (C=O) groups is 1. The Labute approximate surface area is 125 Å². The second-order valence-corrected chi connectivity index (χ2v) is 5.90. The summed E-state index contributed by atoms with van der Waals surface area (Å²) >= 11 is 0. The fraction of sp³-hybridized carbons (Fsp3) is 0.412. The van der Waals surface area contributed by atoms with Gasteiger partial charge in [0.05, 0.1) is 0 Å². The van der Waals surface area contributed by atoms with E-state index in [1.54, 1.807) is 10.9 Å². The zero-order chi connectivity index (χ0) is 14.5. The van der Waals surface area contributed by atoms with Gasteiger partial charge in [0, 0.05) is 17.9 Å². The van der Waals surface area contributed by atoms with Crippen LogP contribution < -0.4 is 5.32 Å². The average molecular weight is 283 g/mol. The number of nitrogens with one attached hydrogen (secondary N) is 1. The summed E-state index contributed by atoms with van der Waals surface area (Å²) in [6.45, 7) is 0.295. The Morgan fingerprint density at radius 2 is 1.95 bits per heavy atom. The molecule has 1 aromatic carbocycles. The number of benzene rings is 1. The maximum atomic E-state index is 12.3. The fourth-order valence-electron chi connectivity index (χ4n) is 3.26. The summed E-state index contributed by atoms with van der Waals surface area (Å²) in [5, 5.41) is 7.37. The van der Waals surface area contributed by atoms with Gasteiger partial charge >= 0.3 is 0 Å². The van der Waals surface area contributed by atoms with E-state index in [0.29, 0.717) is 6.54 Å².